The molecule has 0 aromatic heterocycles. The number of ketones is 1. The van der Waals surface area contributed by atoms with E-state index in [2.05, 4.69) is 6.07 Å². The van der Waals surface area contributed by atoms with Crippen molar-refractivity contribution in [1.82, 2.24) is 4.90 Å². The number of carbonyl (C=O) groups is 2. The Hall–Kier alpha value is -3.90. The molecule has 1 aliphatic heterocycles. The van der Waals surface area contributed by atoms with Crippen LogP contribution in [0.4, 0.5) is 0 Å². The summed E-state index contributed by atoms with van der Waals surface area (Å²) in [6.45, 7) is 3.27. The van der Waals surface area contributed by atoms with E-state index in [-0.39, 0.29) is 11.3 Å². The zero-order valence-corrected chi connectivity index (χ0v) is 19.9. The van der Waals surface area contributed by atoms with Gasteiger partial charge in [0.1, 0.15) is 18.1 Å². The van der Waals surface area contributed by atoms with Gasteiger partial charge >= 0.3 is 0 Å². The lowest BCUT2D eigenvalue weighted by molar-refractivity contribution is -0.140. The molecule has 0 spiro atoms. The first-order valence-electron chi connectivity index (χ1n) is 11.6. The molecule has 6 heteroatoms. The van der Waals surface area contributed by atoms with Crippen LogP contribution in [0, 0.1) is 6.92 Å². The SMILES string of the molecule is COCCCN1C(=O)C(=O)/C(=C(/O)c2ccc(OCc3cccc(C)c3)cc2)C1c1ccccc1. The Morgan fingerprint density at radius 3 is 2.40 bits per heavy atom. The fourth-order valence-electron chi connectivity index (χ4n) is 4.30. The number of nitrogens with zero attached hydrogens (tertiary/aromatic N) is 1. The first-order chi connectivity index (χ1) is 17.0. The van der Waals surface area contributed by atoms with Crippen LogP contribution in [-0.4, -0.2) is 42.0 Å². The number of hydrogen-bond donors (Lipinski definition) is 1. The van der Waals surface area contributed by atoms with Gasteiger partial charge in [-0.2, -0.15) is 0 Å². The Morgan fingerprint density at radius 2 is 1.71 bits per heavy atom. The molecule has 1 saturated heterocycles. The largest absolute Gasteiger partial charge is 0.507 e. The van der Waals surface area contributed by atoms with Gasteiger partial charge in [-0.25, -0.2) is 0 Å². The lowest BCUT2D eigenvalue weighted by Gasteiger charge is -2.25. The summed E-state index contributed by atoms with van der Waals surface area (Å²) in [6, 6.07) is 23.6. The average Bonchev–Trinajstić information content (AvgIpc) is 3.13. The monoisotopic (exact) mass is 471 g/mol. The summed E-state index contributed by atoms with van der Waals surface area (Å²) in [7, 11) is 1.59. The zero-order chi connectivity index (χ0) is 24.8. The summed E-state index contributed by atoms with van der Waals surface area (Å²) in [5, 5.41) is 11.2. The number of hydrogen-bond acceptors (Lipinski definition) is 5. The standard InChI is InChI=1S/C29H29NO5/c1-20-8-6-9-21(18-20)19-35-24-14-12-23(13-15-24)27(31)25-26(22-10-4-3-5-11-22)30(16-7-17-34-2)29(33)28(25)32/h3-6,8-15,18,26,31H,7,16-17,19H2,1-2H3/b27-25+. The molecule has 1 atom stereocenters. The van der Waals surface area contributed by atoms with E-state index >= 15 is 0 Å². The molecule has 1 amide bonds. The number of methoxy groups -OCH3 is 1. The smallest absolute Gasteiger partial charge is 0.295 e. The molecule has 1 fully saturated rings. The Balaban J connectivity index is 1.61. The van der Waals surface area contributed by atoms with Crippen molar-refractivity contribution in [2.45, 2.75) is 26.0 Å². The van der Waals surface area contributed by atoms with Crippen molar-refractivity contribution < 1.29 is 24.2 Å². The topological polar surface area (TPSA) is 76.1 Å². The van der Waals surface area contributed by atoms with Gasteiger partial charge in [-0.05, 0) is 48.7 Å². The summed E-state index contributed by atoms with van der Waals surface area (Å²) < 4.78 is 11.0. The highest BCUT2D eigenvalue weighted by molar-refractivity contribution is 6.46. The number of aliphatic hydroxyl groups is 1. The van der Waals surface area contributed by atoms with Crippen molar-refractivity contribution in [2.75, 3.05) is 20.3 Å². The number of benzene rings is 3. The molecule has 1 aliphatic rings. The Labute approximate surface area is 205 Å². The van der Waals surface area contributed by atoms with E-state index in [1.165, 1.54) is 4.90 Å². The second-order valence-electron chi connectivity index (χ2n) is 8.55. The Kier molecular flexibility index (Phi) is 7.63. The van der Waals surface area contributed by atoms with Crippen LogP contribution in [0.5, 0.6) is 5.75 Å². The predicted molar refractivity (Wildman–Crippen MR) is 134 cm³/mol. The molecule has 1 heterocycles. The number of likely N-dealkylation sites (tertiary alicyclic amines) is 1. The highest BCUT2D eigenvalue weighted by Crippen LogP contribution is 2.39. The summed E-state index contributed by atoms with van der Waals surface area (Å²) in [5.41, 5.74) is 3.53. The van der Waals surface area contributed by atoms with E-state index < -0.39 is 17.7 Å². The number of amides is 1. The van der Waals surface area contributed by atoms with Crippen LogP contribution in [-0.2, 0) is 20.9 Å². The maximum absolute atomic E-state index is 13.0. The minimum Gasteiger partial charge on any atom is -0.507 e. The third kappa shape index (κ3) is 5.44. The van der Waals surface area contributed by atoms with E-state index in [0.717, 1.165) is 16.7 Å². The Bertz CT molecular complexity index is 1220. The van der Waals surface area contributed by atoms with E-state index in [1.54, 1.807) is 31.4 Å². The second kappa shape index (κ2) is 11.0. The molecular weight excluding hydrogens is 442 g/mol. The van der Waals surface area contributed by atoms with Crippen LogP contribution >= 0.6 is 0 Å². The minimum atomic E-state index is -0.687. The van der Waals surface area contributed by atoms with Crippen molar-refractivity contribution in [1.29, 1.82) is 0 Å². The molecule has 3 aromatic rings. The fourth-order valence-corrected chi connectivity index (χ4v) is 4.30. The maximum atomic E-state index is 13.0. The summed E-state index contributed by atoms with van der Waals surface area (Å²) >= 11 is 0. The lowest BCUT2D eigenvalue weighted by Crippen LogP contribution is -2.31. The van der Waals surface area contributed by atoms with Gasteiger partial charge in [0.05, 0.1) is 11.6 Å². The molecule has 0 bridgehead atoms. The molecule has 0 saturated carbocycles. The van der Waals surface area contributed by atoms with Crippen molar-refractivity contribution in [3.05, 3.63) is 107 Å². The van der Waals surface area contributed by atoms with E-state index in [0.29, 0.717) is 37.5 Å². The summed E-state index contributed by atoms with van der Waals surface area (Å²) in [5.74, 6) is -0.859. The first kappa shape index (κ1) is 24.2. The number of Topliss-reactive ketones (excluding diaryl/α,β-unsaturated/α-hetero) is 1. The molecule has 0 radical (unpaired) electrons. The van der Waals surface area contributed by atoms with Gasteiger partial charge in [-0.1, -0.05) is 60.2 Å². The van der Waals surface area contributed by atoms with Crippen LogP contribution < -0.4 is 4.74 Å². The third-order valence-electron chi connectivity index (χ3n) is 6.02. The lowest BCUT2D eigenvalue weighted by atomic mass is 9.95. The highest BCUT2D eigenvalue weighted by Gasteiger charge is 2.45. The number of aliphatic hydroxyl groups excluding tert-OH is 1. The van der Waals surface area contributed by atoms with Crippen molar-refractivity contribution in [3.8, 4) is 5.75 Å². The first-order valence-corrected chi connectivity index (χ1v) is 11.6. The van der Waals surface area contributed by atoms with Crippen molar-refractivity contribution >= 4 is 17.4 Å². The van der Waals surface area contributed by atoms with Gasteiger partial charge in [-0.3, -0.25) is 9.59 Å². The van der Waals surface area contributed by atoms with Gasteiger partial charge in [0.25, 0.3) is 11.7 Å². The molecular formula is C29H29NO5. The number of aryl methyl sites for hydroxylation is 1. The minimum absolute atomic E-state index is 0.0899. The molecule has 35 heavy (non-hydrogen) atoms. The number of ether oxygens (including phenoxy) is 2. The van der Waals surface area contributed by atoms with Crippen LogP contribution in [0.15, 0.2) is 84.4 Å². The van der Waals surface area contributed by atoms with Crippen LogP contribution in [0.2, 0.25) is 0 Å². The molecule has 6 nitrogen and oxygen atoms in total. The summed E-state index contributed by atoms with van der Waals surface area (Å²) in [4.78, 5) is 27.4. The quantitative estimate of drug-likeness (QED) is 0.205. The van der Waals surface area contributed by atoms with Gasteiger partial charge in [0.2, 0.25) is 0 Å². The number of carbonyl (C=O) groups excluding carboxylic acids is 2. The van der Waals surface area contributed by atoms with Crippen molar-refractivity contribution in [2.24, 2.45) is 0 Å². The number of rotatable bonds is 9. The molecule has 1 unspecified atom stereocenters. The van der Waals surface area contributed by atoms with Gasteiger partial charge in [0.15, 0.2) is 0 Å². The van der Waals surface area contributed by atoms with Gasteiger partial charge in [-0.15, -0.1) is 0 Å². The van der Waals surface area contributed by atoms with Gasteiger partial charge < -0.3 is 19.5 Å². The normalized spacial score (nSPS) is 17.1. The molecule has 1 N–H and O–H groups in total. The van der Waals surface area contributed by atoms with Crippen molar-refractivity contribution in [3.63, 3.8) is 0 Å². The van der Waals surface area contributed by atoms with Crippen LogP contribution in [0.3, 0.4) is 0 Å². The molecule has 3 aromatic carbocycles. The molecule has 180 valence electrons. The second-order valence-corrected chi connectivity index (χ2v) is 8.55. The summed E-state index contributed by atoms with van der Waals surface area (Å²) in [6.07, 6.45) is 0.583. The van der Waals surface area contributed by atoms with Crippen LogP contribution in [0.25, 0.3) is 5.76 Å². The average molecular weight is 472 g/mol. The molecule has 0 aliphatic carbocycles. The van der Waals surface area contributed by atoms with E-state index in [9.17, 15) is 14.7 Å². The van der Waals surface area contributed by atoms with Crippen LogP contribution in [0.1, 0.15) is 34.7 Å². The zero-order valence-electron chi connectivity index (χ0n) is 19.9. The van der Waals surface area contributed by atoms with Gasteiger partial charge in [0, 0.05) is 25.8 Å². The molecule has 4 rings (SSSR count). The highest BCUT2D eigenvalue weighted by atomic mass is 16.5. The maximum Gasteiger partial charge on any atom is 0.295 e. The van der Waals surface area contributed by atoms with E-state index in [4.69, 9.17) is 9.47 Å². The third-order valence-corrected chi connectivity index (χ3v) is 6.02. The predicted octanol–water partition coefficient (Wildman–Crippen LogP) is 5.03. The van der Waals surface area contributed by atoms with E-state index in [1.807, 2.05) is 55.5 Å². The Morgan fingerprint density at radius 1 is 0.971 bits per heavy atom. The fraction of sp³-hybridized carbons (Fsp3) is 0.241.